The molecular formula is C8H15NOS. The lowest BCUT2D eigenvalue weighted by molar-refractivity contribution is 0.0519. The summed E-state index contributed by atoms with van der Waals surface area (Å²) < 4.78 is 5.60. The molecule has 1 saturated carbocycles. The van der Waals surface area contributed by atoms with Crippen molar-refractivity contribution in [3.63, 3.8) is 0 Å². The summed E-state index contributed by atoms with van der Waals surface area (Å²) in [6.45, 7) is 0.899. The summed E-state index contributed by atoms with van der Waals surface area (Å²) in [5.74, 6) is 3.03. The molecule has 2 fully saturated rings. The van der Waals surface area contributed by atoms with Crippen molar-refractivity contribution in [1.82, 2.24) is 0 Å². The Labute approximate surface area is 71.9 Å². The van der Waals surface area contributed by atoms with E-state index in [0.29, 0.717) is 12.1 Å². The second-order valence-electron chi connectivity index (χ2n) is 3.40. The van der Waals surface area contributed by atoms with Crippen molar-refractivity contribution in [3.05, 3.63) is 0 Å². The first-order chi connectivity index (χ1) is 5.38. The Morgan fingerprint density at radius 3 is 2.82 bits per heavy atom. The Morgan fingerprint density at radius 2 is 2.27 bits per heavy atom. The minimum Gasteiger partial charge on any atom is -0.375 e. The van der Waals surface area contributed by atoms with Crippen LogP contribution in [-0.4, -0.2) is 30.3 Å². The van der Waals surface area contributed by atoms with E-state index in [1.807, 2.05) is 11.8 Å². The van der Waals surface area contributed by atoms with Gasteiger partial charge in [-0.25, -0.2) is 0 Å². The van der Waals surface area contributed by atoms with Crippen LogP contribution in [0.4, 0.5) is 0 Å². The van der Waals surface area contributed by atoms with E-state index >= 15 is 0 Å². The molecule has 1 aliphatic heterocycles. The van der Waals surface area contributed by atoms with Crippen LogP contribution in [0.15, 0.2) is 0 Å². The molecule has 1 aliphatic carbocycles. The summed E-state index contributed by atoms with van der Waals surface area (Å²) in [4.78, 5) is 0. The van der Waals surface area contributed by atoms with Gasteiger partial charge in [-0.2, -0.15) is 11.8 Å². The quantitative estimate of drug-likeness (QED) is 0.672. The lowest BCUT2D eigenvalue weighted by Crippen LogP contribution is -2.42. The SMILES string of the molecule is NC(C1CC1)C1CSCCO1. The smallest absolute Gasteiger partial charge is 0.0819 e. The third-order valence-electron chi connectivity index (χ3n) is 2.44. The van der Waals surface area contributed by atoms with Crippen molar-refractivity contribution in [1.29, 1.82) is 0 Å². The van der Waals surface area contributed by atoms with Gasteiger partial charge in [-0.1, -0.05) is 0 Å². The molecule has 1 saturated heterocycles. The van der Waals surface area contributed by atoms with Crippen LogP contribution >= 0.6 is 11.8 Å². The van der Waals surface area contributed by atoms with Gasteiger partial charge in [0.2, 0.25) is 0 Å². The van der Waals surface area contributed by atoms with Crippen molar-refractivity contribution >= 4 is 11.8 Å². The van der Waals surface area contributed by atoms with Crippen molar-refractivity contribution in [3.8, 4) is 0 Å². The molecule has 2 rings (SSSR count). The van der Waals surface area contributed by atoms with Crippen LogP contribution in [0.3, 0.4) is 0 Å². The molecule has 0 amide bonds. The average molecular weight is 173 g/mol. The number of rotatable bonds is 2. The van der Waals surface area contributed by atoms with Gasteiger partial charge in [-0.05, 0) is 18.8 Å². The fourth-order valence-electron chi connectivity index (χ4n) is 1.51. The Morgan fingerprint density at radius 1 is 1.45 bits per heavy atom. The first-order valence-corrected chi connectivity index (χ1v) is 5.48. The van der Waals surface area contributed by atoms with Crippen LogP contribution in [0.5, 0.6) is 0 Å². The second kappa shape index (κ2) is 3.33. The van der Waals surface area contributed by atoms with Crippen LogP contribution < -0.4 is 5.73 Å². The van der Waals surface area contributed by atoms with E-state index in [9.17, 15) is 0 Å². The van der Waals surface area contributed by atoms with Gasteiger partial charge in [-0.15, -0.1) is 0 Å². The van der Waals surface area contributed by atoms with E-state index in [1.54, 1.807) is 0 Å². The van der Waals surface area contributed by atoms with Crippen LogP contribution in [0, 0.1) is 5.92 Å². The molecule has 2 unspecified atom stereocenters. The first-order valence-electron chi connectivity index (χ1n) is 4.33. The summed E-state index contributed by atoms with van der Waals surface area (Å²) in [5, 5.41) is 0. The van der Waals surface area contributed by atoms with E-state index in [-0.39, 0.29) is 0 Å². The van der Waals surface area contributed by atoms with Gasteiger partial charge in [0.05, 0.1) is 12.7 Å². The highest BCUT2D eigenvalue weighted by molar-refractivity contribution is 7.99. The van der Waals surface area contributed by atoms with Gasteiger partial charge in [0.25, 0.3) is 0 Å². The largest absolute Gasteiger partial charge is 0.375 e. The third kappa shape index (κ3) is 1.89. The van der Waals surface area contributed by atoms with Gasteiger partial charge in [-0.3, -0.25) is 0 Å². The molecule has 0 bridgehead atoms. The summed E-state index contributed by atoms with van der Waals surface area (Å²) >= 11 is 1.97. The van der Waals surface area contributed by atoms with E-state index in [4.69, 9.17) is 10.5 Å². The maximum absolute atomic E-state index is 6.02. The Bertz CT molecular complexity index is 132. The summed E-state index contributed by atoms with van der Waals surface area (Å²) in [6.07, 6.45) is 3.00. The summed E-state index contributed by atoms with van der Waals surface area (Å²) in [6, 6.07) is 0.322. The predicted molar refractivity (Wildman–Crippen MR) is 47.8 cm³/mol. The minimum absolute atomic E-state index is 0.322. The molecule has 2 nitrogen and oxygen atoms in total. The molecule has 0 aromatic heterocycles. The lowest BCUT2D eigenvalue weighted by atomic mass is 10.1. The monoisotopic (exact) mass is 173 g/mol. The number of ether oxygens (including phenoxy) is 1. The molecule has 64 valence electrons. The molecule has 0 aromatic carbocycles. The number of hydrogen-bond donors (Lipinski definition) is 1. The average Bonchev–Trinajstić information content (AvgIpc) is 2.87. The number of nitrogens with two attached hydrogens (primary N) is 1. The topological polar surface area (TPSA) is 35.2 Å². The van der Waals surface area contributed by atoms with Crippen molar-refractivity contribution in [2.45, 2.75) is 25.0 Å². The highest BCUT2D eigenvalue weighted by Gasteiger charge is 2.35. The fraction of sp³-hybridized carbons (Fsp3) is 1.00. The lowest BCUT2D eigenvalue weighted by Gasteiger charge is -2.27. The third-order valence-corrected chi connectivity index (χ3v) is 3.46. The number of thioether (sulfide) groups is 1. The highest BCUT2D eigenvalue weighted by atomic mass is 32.2. The van der Waals surface area contributed by atoms with Crippen LogP contribution in [0.1, 0.15) is 12.8 Å². The standard InChI is InChI=1S/C8H15NOS/c9-8(6-1-2-6)7-5-11-4-3-10-7/h6-8H,1-5,9H2. The van der Waals surface area contributed by atoms with Crippen molar-refractivity contribution < 1.29 is 4.74 Å². The zero-order valence-corrected chi connectivity index (χ0v) is 7.48. The van der Waals surface area contributed by atoms with Crippen LogP contribution in [0.2, 0.25) is 0 Å². The molecule has 2 aliphatic rings. The first kappa shape index (κ1) is 7.90. The van der Waals surface area contributed by atoms with Gasteiger partial charge >= 0.3 is 0 Å². The molecule has 0 spiro atoms. The second-order valence-corrected chi connectivity index (χ2v) is 4.55. The van der Waals surface area contributed by atoms with Gasteiger partial charge < -0.3 is 10.5 Å². The Kier molecular flexibility index (Phi) is 2.39. The predicted octanol–water partition coefficient (Wildman–Crippen LogP) is 0.856. The van der Waals surface area contributed by atoms with Crippen LogP contribution in [-0.2, 0) is 4.74 Å². The van der Waals surface area contributed by atoms with Crippen molar-refractivity contribution in [2.75, 3.05) is 18.1 Å². The normalized spacial score (nSPS) is 35.2. The molecule has 0 aromatic rings. The zero-order valence-electron chi connectivity index (χ0n) is 6.66. The summed E-state index contributed by atoms with van der Waals surface area (Å²) in [5.41, 5.74) is 6.02. The molecular weight excluding hydrogens is 158 g/mol. The van der Waals surface area contributed by atoms with Crippen molar-refractivity contribution in [2.24, 2.45) is 11.7 Å². The van der Waals surface area contributed by atoms with Crippen LogP contribution in [0.25, 0.3) is 0 Å². The van der Waals surface area contributed by atoms with Gasteiger partial charge in [0.1, 0.15) is 0 Å². The molecule has 0 radical (unpaired) electrons. The zero-order chi connectivity index (χ0) is 7.68. The van der Waals surface area contributed by atoms with Gasteiger partial charge in [0, 0.05) is 17.5 Å². The molecule has 2 atom stereocenters. The molecule has 1 heterocycles. The number of hydrogen-bond acceptors (Lipinski definition) is 3. The fourth-order valence-corrected chi connectivity index (χ4v) is 2.44. The minimum atomic E-state index is 0.322. The Balaban J connectivity index is 1.81. The van der Waals surface area contributed by atoms with E-state index < -0.39 is 0 Å². The van der Waals surface area contributed by atoms with Gasteiger partial charge in [0.15, 0.2) is 0 Å². The van der Waals surface area contributed by atoms with E-state index in [0.717, 1.165) is 24.0 Å². The highest BCUT2D eigenvalue weighted by Crippen LogP contribution is 2.34. The Hall–Kier alpha value is 0.270. The molecule has 3 heteroatoms. The summed E-state index contributed by atoms with van der Waals surface area (Å²) in [7, 11) is 0. The molecule has 2 N–H and O–H groups in total. The molecule has 11 heavy (non-hydrogen) atoms. The maximum Gasteiger partial charge on any atom is 0.0819 e. The van der Waals surface area contributed by atoms with E-state index in [2.05, 4.69) is 0 Å². The van der Waals surface area contributed by atoms with E-state index in [1.165, 1.54) is 12.8 Å². The maximum atomic E-state index is 6.02.